The van der Waals surface area contributed by atoms with E-state index in [1.807, 2.05) is 25.9 Å². The van der Waals surface area contributed by atoms with Gasteiger partial charge in [0.15, 0.2) is 5.82 Å². The Morgan fingerprint density at radius 2 is 2.28 bits per heavy atom. The molecule has 1 rings (SSSR count). The van der Waals surface area contributed by atoms with E-state index in [9.17, 15) is 4.79 Å². The Morgan fingerprint density at radius 3 is 2.89 bits per heavy atom. The second kappa shape index (κ2) is 7.07. The molecule has 0 saturated carbocycles. The smallest absolute Gasteiger partial charge is 0.237 e. The number of ether oxygens (including phenoxy) is 1. The number of carbonyl (C=O) groups is 1. The first kappa shape index (κ1) is 14.6. The molecule has 7 nitrogen and oxygen atoms in total. The van der Waals surface area contributed by atoms with Gasteiger partial charge < -0.3 is 14.6 Å². The van der Waals surface area contributed by atoms with Crippen molar-refractivity contribution in [2.75, 3.05) is 27.8 Å². The number of likely N-dealkylation sites (N-methyl/N-ethyl adjacent to an activating group) is 1. The van der Waals surface area contributed by atoms with E-state index >= 15 is 0 Å². The predicted molar refractivity (Wildman–Crippen MR) is 64.9 cm³/mol. The normalized spacial score (nSPS) is 12.7. The monoisotopic (exact) mass is 256 g/mol. The maximum Gasteiger partial charge on any atom is 0.237 e. The molecule has 18 heavy (non-hydrogen) atoms. The van der Waals surface area contributed by atoms with Crippen molar-refractivity contribution < 1.29 is 14.1 Å². The van der Waals surface area contributed by atoms with Gasteiger partial charge in [0.2, 0.25) is 11.8 Å². The van der Waals surface area contributed by atoms with E-state index in [1.165, 1.54) is 0 Å². The van der Waals surface area contributed by atoms with E-state index in [0.717, 1.165) is 0 Å². The van der Waals surface area contributed by atoms with Gasteiger partial charge in [0, 0.05) is 7.11 Å². The van der Waals surface area contributed by atoms with Gasteiger partial charge in [-0.2, -0.15) is 4.98 Å². The van der Waals surface area contributed by atoms with E-state index in [2.05, 4.69) is 15.5 Å². The Morgan fingerprint density at radius 1 is 1.56 bits per heavy atom. The number of rotatable bonds is 7. The lowest BCUT2D eigenvalue weighted by Crippen LogP contribution is -2.41. The highest BCUT2D eigenvalue weighted by atomic mass is 16.5. The van der Waals surface area contributed by atoms with Crippen molar-refractivity contribution in [3.05, 3.63) is 11.7 Å². The molecule has 7 heteroatoms. The van der Waals surface area contributed by atoms with Crippen molar-refractivity contribution in [1.82, 2.24) is 20.4 Å². The molecule has 1 aromatic rings. The molecule has 0 fully saturated rings. The van der Waals surface area contributed by atoms with E-state index in [0.29, 0.717) is 24.7 Å². The van der Waals surface area contributed by atoms with Crippen molar-refractivity contribution in [3.8, 4) is 0 Å². The molecular formula is C11H20N4O3. The minimum absolute atomic E-state index is 0.0664. The molecule has 1 N–H and O–H groups in total. The van der Waals surface area contributed by atoms with Gasteiger partial charge in [0.05, 0.1) is 25.6 Å². The molecule has 0 saturated heterocycles. The van der Waals surface area contributed by atoms with Gasteiger partial charge in [0.1, 0.15) is 0 Å². The first-order valence-electron chi connectivity index (χ1n) is 5.79. The van der Waals surface area contributed by atoms with Crippen LogP contribution in [0.4, 0.5) is 0 Å². The second-order valence-electron chi connectivity index (χ2n) is 4.20. The minimum Gasteiger partial charge on any atom is -0.384 e. The van der Waals surface area contributed by atoms with Crippen molar-refractivity contribution in [3.63, 3.8) is 0 Å². The fourth-order valence-corrected chi connectivity index (χ4v) is 1.20. The third kappa shape index (κ3) is 4.42. The standard InChI is InChI=1S/C11H20N4O3/c1-8(15(2)3)11(16)12-7-9-13-10(18-14-9)5-6-17-4/h8H,5-7H2,1-4H3,(H,12,16)/t8-/m0/s1. The largest absolute Gasteiger partial charge is 0.384 e. The van der Waals surface area contributed by atoms with Crippen LogP contribution in [-0.4, -0.2) is 54.8 Å². The van der Waals surface area contributed by atoms with Crippen LogP contribution in [0.25, 0.3) is 0 Å². The topological polar surface area (TPSA) is 80.5 Å². The third-order valence-corrected chi connectivity index (χ3v) is 2.60. The molecule has 0 spiro atoms. The Balaban J connectivity index is 2.39. The SMILES string of the molecule is COCCc1nc(CNC(=O)[C@H](C)N(C)C)no1. The molecule has 0 aliphatic heterocycles. The summed E-state index contributed by atoms with van der Waals surface area (Å²) < 4.78 is 9.91. The van der Waals surface area contributed by atoms with Gasteiger partial charge in [-0.05, 0) is 21.0 Å². The molecule has 1 amide bonds. The van der Waals surface area contributed by atoms with E-state index in [-0.39, 0.29) is 18.5 Å². The number of amides is 1. The van der Waals surface area contributed by atoms with Gasteiger partial charge in [-0.25, -0.2) is 0 Å². The van der Waals surface area contributed by atoms with Crippen molar-refractivity contribution in [1.29, 1.82) is 0 Å². The molecule has 0 bridgehead atoms. The van der Waals surface area contributed by atoms with Crippen molar-refractivity contribution in [2.45, 2.75) is 25.9 Å². The van der Waals surface area contributed by atoms with Crippen LogP contribution in [0.2, 0.25) is 0 Å². The maximum atomic E-state index is 11.7. The quantitative estimate of drug-likeness (QED) is 0.729. The van der Waals surface area contributed by atoms with Crippen molar-refractivity contribution in [2.24, 2.45) is 0 Å². The lowest BCUT2D eigenvalue weighted by atomic mass is 10.3. The average Bonchev–Trinajstić information content (AvgIpc) is 2.80. The van der Waals surface area contributed by atoms with E-state index in [1.54, 1.807) is 7.11 Å². The van der Waals surface area contributed by atoms with Crippen molar-refractivity contribution >= 4 is 5.91 Å². The molecular weight excluding hydrogens is 236 g/mol. The van der Waals surface area contributed by atoms with Gasteiger partial charge in [-0.1, -0.05) is 5.16 Å². The summed E-state index contributed by atoms with van der Waals surface area (Å²) in [5.41, 5.74) is 0. The van der Waals surface area contributed by atoms with Crippen LogP contribution in [0.3, 0.4) is 0 Å². The average molecular weight is 256 g/mol. The highest BCUT2D eigenvalue weighted by Gasteiger charge is 2.15. The third-order valence-electron chi connectivity index (χ3n) is 2.60. The lowest BCUT2D eigenvalue weighted by Gasteiger charge is -2.18. The lowest BCUT2D eigenvalue weighted by molar-refractivity contribution is -0.125. The van der Waals surface area contributed by atoms with Gasteiger partial charge in [-0.3, -0.25) is 9.69 Å². The molecule has 0 unspecified atom stereocenters. The second-order valence-corrected chi connectivity index (χ2v) is 4.20. The maximum absolute atomic E-state index is 11.7. The Labute approximate surface area is 106 Å². The summed E-state index contributed by atoms with van der Waals surface area (Å²) >= 11 is 0. The summed E-state index contributed by atoms with van der Waals surface area (Å²) in [6, 6.07) is -0.190. The van der Waals surface area contributed by atoms with Crippen LogP contribution in [0.15, 0.2) is 4.52 Å². The molecule has 1 aromatic heterocycles. The van der Waals surface area contributed by atoms with E-state index in [4.69, 9.17) is 9.26 Å². The first-order valence-corrected chi connectivity index (χ1v) is 5.79. The number of nitrogens with one attached hydrogen (secondary N) is 1. The Hall–Kier alpha value is -1.47. The molecule has 0 aliphatic carbocycles. The molecule has 1 heterocycles. The first-order chi connectivity index (χ1) is 8.54. The number of hydrogen-bond donors (Lipinski definition) is 1. The van der Waals surface area contributed by atoms with Crippen LogP contribution in [0.5, 0.6) is 0 Å². The fourth-order valence-electron chi connectivity index (χ4n) is 1.20. The highest BCUT2D eigenvalue weighted by molar-refractivity contribution is 5.81. The van der Waals surface area contributed by atoms with Crippen LogP contribution in [0, 0.1) is 0 Å². The molecule has 102 valence electrons. The number of carbonyl (C=O) groups excluding carboxylic acids is 1. The number of nitrogens with zero attached hydrogens (tertiary/aromatic N) is 3. The molecule has 1 atom stereocenters. The van der Waals surface area contributed by atoms with Gasteiger partial charge in [-0.15, -0.1) is 0 Å². The molecule has 0 aromatic carbocycles. The number of methoxy groups -OCH3 is 1. The van der Waals surface area contributed by atoms with Gasteiger partial charge >= 0.3 is 0 Å². The summed E-state index contributed by atoms with van der Waals surface area (Å²) in [5, 5.41) is 6.53. The fraction of sp³-hybridized carbons (Fsp3) is 0.727. The van der Waals surface area contributed by atoms with Crippen LogP contribution in [-0.2, 0) is 22.5 Å². The van der Waals surface area contributed by atoms with Crippen LogP contribution >= 0.6 is 0 Å². The summed E-state index contributed by atoms with van der Waals surface area (Å²) in [6.45, 7) is 2.63. The zero-order valence-electron chi connectivity index (χ0n) is 11.3. The molecule has 0 radical (unpaired) electrons. The molecule has 0 aliphatic rings. The summed E-state index contributed by atoms with van der Waals surface area (Å²) in [6.07, 6.45) is 0.575. The minimum atomic E-state index is -0.190. The van der Waals surface area contributed by atoms with Crippen LogP contribution < -0.4 is 5.32 Å². The summed E-state index contributed by atoms with van der Waals surface area (Å²) in [7, 11) is 5.31. The number of hydrogen-bond acceptors (Lipinski definition) is 6. The highest BCUT2D eigenvalue weighted by Crippen LogP contribution is 1.99. The zero-order chi connectivity index (χ0) is 13.5. The van der Waals surface area contributed by atoms with Gasteiger partial charge in [0.25, 0.3) is 0 Å². The number of aromatic nitrogens is 2. The Kier molecular flexibility index (Phi) is 5.73. The Bertz CT molecular complexity index is 378. The van der Waals surface area contributed by atoms with Crippen LogP contribution in [0.1, 0.15) is 18.6 Å². The zero-order valence-corrected chi connectivity index (χ0v) is 11.3. The van der Waals surface area contributed by atoms with E-state index < -0.39 is 0 Å². The summed E-state index contributed by atoms with van der Waals surface area (Å²) in [5.74, 6) is 0.922. The predicted octanol–water partition coefficient (Wildman–Crippen LogP) is -0.175. The summed E-state index contributed by atoms with van der Waals surface area (Å²) in [4.78, 5) is 17.6.